The average Bonchev–Trinajstić information content (AvgIpc) is 3.25. The summed E-state index contributed by atoms with van der Waals surface area (Å²) in [6.07, 6.45) is 4.21. The molecule has 5 heteroatoms. The van der Waals surface area contributed by atoms with Crippen LogP contribution in [0.5, 0.6) is 0 Å². The van der Waals surface area contributed by atoms with E-state index >= 15 is 0 Å². The van der Waals surface area contributed by atoms with Gasteiger partial charge in [0.25, 0.3) is 0 Å². The van der Waals surface area contributed by atoms with E-state index in [4.69, 9.17) is 4.98 Å². The third-order valence-electron chi connectivity index (χ3n) is 5.48. The van der Waals surface area contributed by atoms with Crippen molar-refractivity contribution in [3.63, 3.8) is 0 Å². The smallest absolute Gasteiger partial charge is 0.227 e. The first-order valence-corrected chi connectivity index (χ1v) is 9.26. The Labute approximate surface area is 143 Å². The van der Waals surface area contributed by atoms with Crippen molar-refractivity contribution >= 4 is 16.9 Å². The van der Waals surface area contributed by atoms with Crippen LogP contribution in [0.15, 0.2) is 24.3 Å². The van der Waals surface area contributed by atoms with Gasteiger partial charge in [-0.3, -0.25) is 4.79 Å². The summed E-state index contributed by atoms with van der Waals surface area (Å²) in [7, 11) is 0. The van der Waals surface area contributed by atoms with Crippen molar-refractivity contribution in [1.29, 1.82) is 0 Å². The van der Waals surface area contributed by atoms with Gasteiger partial charge in [0.15, 0.2) is 0 Å². The number of imidazole rings is 1. The van der Waals surface area contributed by atoms with Crippen LogP contribution in [0.1, 0.15) is 44.5 Å². The lowest BCUT2D eigenvalue weighted by Crippen LogP contribution is -2.43. The highest BCUT2D eigenvalue weighted by atomic mass is 16.2. The van der Waals surface area contributed by atoms with E-state index in [1.165, 1.54) is 5.52 Å². The number of hydrogen-bond acceptors (Lipinski definition) is 3. The van der Waals surface area contributed by atoms with Crippen molar-refractivity contribution in [3.05, 3.63) is 30.1 Å². The Hall–Kier alpha value is -1.88. The van der Waals surface area contributed by atoms with Crippen molar-refractivity contribution in [3.8, 4) is 0 Å². The molecule has 0 aliphatic carbocycles. The molecular formula is C19H26N4O. The SMILES string of the molecule is CCn1c(C2CCCN2C(=O)C2CCCNC2)nc2ccccc21. The molecule has 4 rings (SSSR count). The molecule has 24 heavy (non-hydrogen) atoms. The standard InChI is InChI=1S/C19H26N4O/c1-2-22-16-9-4-3-8-15(16)21-18(22)17-10-6-12-23(17)19(24)14-7-5-11-20-13-14/h3-4,8-9,14,17,20H,2,5-7,10-13H2,1H3. The molecule has 0 spiro atoms. The molecule has 0 radical (unpaired) electrons. The fourth-order valence-electron chi connectivity index (χ4n) is 4.28. The normalized spacial score (nSPS) is 24.6. The topological polar surface area (TPSA) is 50.2 Å². The van der Waals surface area contributed by atoms with Crippen LogP contribution in [0.2, 0.25) is 0 Å². The van der Waals surface area contributed by atoms with Crippen LogP contribution >= 0.6 is 0 Å². The van der Waals surface area contributed by atoms with Gasteiger partial charge in [-0.25, -0.2) is 4.98 Å². The van der Waals surface area contributed by atoms with Crippen molar-refractivity contribution in [2.45, 2.75) is 45.2 Å². The number of carbonyl (C=O) groups excluding carboxylic acids is 1. The van der Waals surface area contributed by atoms with E-state index < -0.39 is 0 Å². The van der Waals surface area contributed by atoms with Gasteiger partial charge in [0.1, 0.15) is 5.82 Å². The van der Waals surface area contributed by atoms with E-state index in [1.54, 1.807) is 0 Å². The number of hydrogen-bond donors (Lipinski definition) is 1. The predicted octanol–water partition coefficient (Wildman–Crippen LogP) is 2.72. The maximum atomic E-state index is 13.0. The first-order valence-electron chi connectivity index (χ1n) is 9.26. The van der Waals surface area contributed by atoms with Gasteiger partial charge in [0.2, 0.25) is 5.91 Å². The molecular weight excluding hydrogens is 300 g/mol. The zero-order valence-corrected chi connectivity index (χ0v) is 14.4. The van der Waals surface area contributed by atoms with Gasteiger partial charge in [-0.15, -0.1) is 0 Å². The Morgan fingerprint density at radius 1 is 1.29 bits per heavy atom. The number of nitrogens with one attached hydrogen (secondary N) is 1. The molecule has 2 aromatic rings. The fourth-order valence-corrected chi connectivity index (χ4v) is 4.28. The minimum Gasteiger partial charge on any atom is -0.332 e. The molecule has 2 saturated heterocycles. The molecule has 1 amide bonds. The Morgan fingerprint density at radius 3 is 2.96 bits per heavy atom. The number of likely N-dealkylation sites (tertiary alicyclic amines) is 1. The molecule has 0 saturated carbocycles. The largest absolute Gasteiger partial charge is 0.332 e. The molecule has 1 N–H and O–H groups in total. The summed E-state index contributed by atoms with van der Waals surface area (Å²) in [5.41, 5.74) is 2.21. The first kappa shape index (κ1) is 15.6. The van der Waals surface area contributed by atoms with Crippen molar-refractivity contribution < 1.29 is 4.79 Å². The summed E-state index contributed by atoms with van der Waals surface area (Å²) < 4.78 is 2.28. The Bertz CT molecular complexity index is 732. The number of rotatable bonds is 3. The summed E-state index contributed by atoms with van der Waals surface area (Å²) in [4.78, 5) is 20.0. The van der Waals surface area contributed by atoms with Gasteiger partial charge >= 0.3 is 0 Å². The monoisotopic (exact) mass is 326 g/mol. The molecule has 2 atom stereocenters. The summed E-state index contributed by atoms with van der Waals surface area (Å²) in [5, 5.41) is 3.37. The minimum atomic E-state index is 0.131. The number of piperidine rings is 1. The maximum Gasteiger partial charge on any atom is 0.227 e. The Balaban J connectivity index is 1.66. The zero-order valence-electron chi connectivity index (χ0n) is 14.4. The predicted molar refractivity (Wildman–Crippen MR) is 94.7 cm³/mol. The van der Waals surface area contributed by atoms with Gasteiger partial charge in [-0.1, -0.05) is 12.1 Å². The van der Waals surface area contributed by atoms with E-state index in [-0.39, 0.29) is 12.0 Å². The average molecular weight is 326 g/mol. The molecule has 3 heterocycles. The maximum absolute atomic E-state index is 13.0. The number of fused-ring (bicyclic) bond motifs is 1. The number of amides is 1. The van der Waals surface area contributed by atoms with Crippen LogP contribution in [-0.2, 0) is 11.3 Å². The van der Waals surface area contributed by atoms with Crippen LogP contribution in [0, 0.1) is 5.92 Å². The highest BCUT2D eigenvalue weighted by Gasteiger charge is 2.36. The summed E-state index contributed by atoms with van der Waals surface area (Å²) >= 11 is 0. The molecule has 5 nitrogen and oxygen atoms in total. The number of nitrogens with zero attached hydrogens (tertiary/aromatic N) is 3. The van der Waals surface area contributed by atoms with E-state index in [0.29, 0.717) is 5.91 Å². The van der Waals surface area contributed by atoms with Gasteiger partial charge < -0.3 is 14.8 Å². The second-order valence-electron chi connectivity index (χ2n) is 6.94. The van der Waals surface area contributed by atoms with E-state index in [0.717, 1.165) is 63.2 Å². The Morgan fingerprint density at radius 2 is 2.17 bits per heavy atom. The van der Waals surface area contributed by atoms with E-state index in [2.05, 4.69) is 39.9 Å². The lowest BCUT2D eigenvalue weighted by molar-refractivity contribution is -0.137. The second-order valence-corrected chi connectivity index (χ2v) is 6.94. The highest BCUT2D eigenvalue weighted by Crippen LogP contribution is 2.35. The van der Waals surface area contributed by atoms with Gasteiger partial charge in [0.05, 0.1) is 23.0 Å². The van der Waals surface area contributed by atoms with E-state index in [1.807, 2.05) is 6.07 Å². The van der Waals surface area contributed by atoms with Crippen LogP contribution in [0.3, 0.4) is 0 Å². The number of carbonyl (C=O) groups is 1. The van der Waals surface area contributed by atoms with Crippen molar-refractivity contribution in [1.82, 2.24) is 19.8 Å². The number of aryl methyl sites for hydroxylation is 1. The quantitative estimate of drug-likeness (QED) is 0.943. The number of para-hydroxylation sites is 2. The molecule has 2 aliphatic rings. The molecule has 2 aliphatic heterocycles. The van der Waals surface area contributed by atoms with Gasteiger partial charge in [-0.2, -0.15) is 0 Å². The van der Waals surface area contributed by atoms with E-state index in [9.17, 15) is 4.79 Å². The Kier molecular flexibility index (Phi) is 4.27. The number of aromatic nitrogens is 2. The van der Waals surface area contributed by atoms with Gasteiger partial charge in [0, 0.05) is 19.6 Å². The minimum absolute atomic E-state index is 0.131. The first-order chi connectivity index (χ1) is 11.8. The third kappa shape index (κ3) is 2.61. The molecule has 0 bridgehead atoms. The molecule has 2 unspecified atom stereocenters. The van der Waals surface area contributed by atoms with Crippen LogP contribution in [0.4, 0.5) is 0 Å². The summed E-state index contributed by atoms with van der Waals surface area (Å²) in [5.74, 6) is 1.52. The second kappa shape index (κ2) is 6.55. The summed E-state index contributed by atoms with van der Waals surface area (Å²) in [6.45, 7) is 5.78. The zero-order chi connectivity index (χ0) is 16.5. The summed E-state index contributed by atoms with van der Waals surface area (Å²) in [6, 6.07) is 8.42. The lowest BCUT2D eigenvalue weighted by atomic mass is 9.97. The number of benzene rings is 1. The highest BCUT2D eigenvalue weighted by molar-refractivity contribution is 5.80. The molecule has 1 aromatic carbocycles. The molecule has 128 valence electrons. The van der Waals surface area contributed by atoms with Crippen molar-refractivity contribution in [2.24, 2.45) is 5.92 Å². The lowest BCUT2D eigenvalue weighted by Gasteiger charge is -2.31. The van der Waals surface area contributed by atoms with Crippen LogP contribution in [-0.4, -0.2) is 40.0 Å². The molecule has 2 fully saturated rings. The van der Waals surface area contributed by atoms with Crippen LogP contribution in [0.25, 0.3) is 11.0 Å². The molecule has 1 aromatic heterocycles. The van der Waals surface area contributed by atoms with Crippen LogP contribution < -0.4 is 5.32 Å². The third-order valence-corrected chi connectivity index (χ3v) is 5.48. The fraction of sp³-hybridized carbons (Fsp3) is 0.579. The van der Waals surface area contributed by atoms with Gasteiger partial charge in [-0.05, 0) is 51.3 Å². The van der Waals surface area contributed by atoms with Crippen molar-refractivity contribution in [2.75, 3.05) is 19.6 Å².